The molecule has 0 fully saturated rings. The van der Waals surface area contributed by atoms with Gasteiger partial charge in [-0.1, -0.05) is 72.6 Å². The van der Waals surface area contributed by atoms with Crippen LogP contribution >= 0.6 is 23.2 Å². The fourth-order valence-corrected chi connectivity index (χ4v) is 4.59. The zero-order valence-corrected chi connectivity index (χ0v) is 23.3. The molecule has 0 aliphatic carbocycles. The maximum atomic E-state index is 13.7. The van der Waals surface area contributed by atoms with E-state index in [1.165, 1.54) is 0 Å². The van der Waals surface area contributed by atoms with Gasteiger partial charge >= 0.3 is 0 Å². The molecule has 196 valence electrons. The molecular weight excluding hydrogens is 507 g/mol. The van der Waals surface area contributed by atoms with Crippen molar-refractivity contribution in [3.63, 3.8) is 0 Å². The van der Waals surface area contributed by atoms with E-state index in [-0.39, 0.29) is 25.0 Å². The van der Waals surface area contributed by atoms with Crippen molar-refractivity contribution < 1.29 is 14.3 Å². The predicted molar refractivity (Wildman–Crippen MR) is 150 cm³/mol. The van der Waals surface area contributed by atoms with E-state index >= 15 is 0 Å². The highest BCUT2D eigenvalue weighted by atomic mass is 35.5. The molecule has 0 radical (unpaired) electrons. The monoisotopic (exact) mass is 540 g/mol. The number of amides is 2. The molecule has 0 bridgehead atoms. The van der Waals surface area contributed by atoms with Crippen molar-refractivity contribution in [2.45, 2.75) is 53.1 Å². The van der Waals surface area contributed by atoms with Crippen LogP contribution in [0, 0.1) is 20.8 Å². The molecule has 3 aromatic carbocycles. The molecule has 37 heavy (non-hydrogen) atoms. The standard InChI is InChI=1S/C30H34Cl2N2O3/c1-5-13-33-30(36)27(16-23-9-7-6-8-10-23)34(18-24-11-12-25(31)17-26(24)32)29(35)19-37-28-15-20(2)14-21(3)22(28)4/h6-12,14-15,17,27H,5,13,16,18-19H2,1-4H3,(H,33,36)/t27-/m0/s1. The number of ether oxygens (including phenoxy) is 1. The number of nitrogens with zero attached hydrogens (tertiary/aromatic N) is 1. The first-order valence-corrected chi connectivity index (χ1v) is 13.2. The van der Waals surface area contributed by atoms with Crippen molar-refractivity contribution in [3.8, 4) is 5.75 Å². The molecule has 0 spiro atoms. The minimum absolute atomic E-state index is 0.140. The SMILES string of the molecule is CCCNC(=O)[C@H](Cc1ccccc1)N(Cc1ccc(Cl)cc1Cl)C(=O)COc1cc(C)cc(C)c1C. The molecule has 7 heteroatoms. The number of hydrogen-bond donors (Lipinski definition) is 1. The second-order valence-corrected chi connectivity index (χ2v) is 10.1. The maximum absolute atomic E-state index is 13.7. The summed E-state index contributed by atoms with van der Waals surface area (Å²) in [5, 5.41) is 3.90. The summed E-state index contributed by atoms with van der Waals surface area (Å²) < 4.78 is 6.01. The van der Waals surface area contributed by atoms with E-state index in [0.29, 0.717) is 34.3 Å². The number of benzene rings is 3. The summed E-state index contributed by atoms with van der Waals surface area (Å²) in [5.74, 6) is 0.134. The van der Waals surface area contributed by atoms with Gasteiger partial charge in [0.1, 0.15) is 11.8 Å². The van der Waals surface area contributed by atoms with Crippen molar-refractivity contribution in [2.75, 3.05) is 13.2 Å². The van der Waals surface area contributed by atoms with Gasteiger partial charge in [-0.15, -0.1) is 0 Å². The average Bonchev–Trinajstić information content (AvgIpc) is 2.87. The molecule has 0 saturated heterocycles. The van der Waals surface area contributed by atoms with E-state index in [0.717, 1.165) is 28.7 Å². The highest BCUT2D eigenvalue weighted by Gasteiger charge is 2.31. The van der Waals surface area contributed by atoms with Crippen LogP contribution in [-0.2, 0) is 22.6 Å². The molecule has 3 rings (SSSR count). The number of hydrogen-bond acceptors (Lipinski definition) is 3. The van der Waals surface area contributed by atoms with Gasteiger partial charge in [-0.3, -0.25) is 9.59 Å². The van der Waals surface area contributed by atoms with Crippen molar-refractivity contribution in [1.29, 1.82) is 0 Å². The first kappa shape index (κ1) is 28.5. The number of nitrogens with one attached hydrogen (secondary N) is 1. The van der Waals surface area contributed by atoms with Gasteiger partial charge < -0.3 is 15.0 Å². The molecule has 5 nitrogen and oxygen atoms in total. The Bertz CT molecular complexity index is 1230. The van der Waals surface area contributed by atoms with Crippen molar-refractivity contribution in [3.05, 3.63) is 98.5 Å². The maximum Gasteiger partial charge on any atom is 0.261 e. The number of aryl methyl sites for hydroxylation is 2. The fourth-order valence-electron chi connectivity index (χ4n) is 4.13. The van der Waals surface area contributed by atoms with E-state index in [1.807, 2.05) is 64.1 Å². The molecule has 0 aromatic heterocycles. The third-order valence-electron chi connectivity index (χ3n) is 6.29. The summed E-state index contributed by atoms with van der Waals surface area (Å²) in [6.45, 7) is 8.41. The lowest BCUT2D eigenvalue weighted by Crippen LogP contribution is -2.51. The molecule has 0 unspecified atom stereocenters. The van der Waals surface area contributed by atoms with Gasteiger partial charge in [0.15, 0.2) is 6.61 Å². The first-order chi connectivity index (χ1) is 17.7. The largest absolute Gasteiger partial charge is 0.483 e. The van der Waals surface area contributed by atoms with Crippen LogP contribution in [0.3, 0.4) is 0 Å². The van der Waals surface area contributed by atoms with Crippen molar-refractivity contribution in [1.82, 2.24) is 10.2 Å². The third kappa shape index (κ3) is 7.98. The van der Waals surface area contributed by atoms with E-state index < -0.39 is 6.04 Å². The summed E-state index contributed by atoms with van der Waals surface area (Å²) in [6.07, 6.45) is 1.14. The van der Waals surface area contributed by atoms with Crippen LogP contribution in [0.25, 0.3) is 0 Å². The predicted octanol–water partition coefficient (Wildman–Crippen LogP) is 6.46. The lowest BCUT2D eigenvalue weighted by atomic mass is 10.0. The van der Waals surface area contributed by atoms with E-state index in [9.17, 15) is 9.59 Å². The normalized spacial score (nSPS) is 11.6. The smallest absolute Gasteiger partial charge is 0.261 e. The molecule has 3 aromatic rings. The molecule has 2 amide bonds. The lowest BCUT2D eigenvalue weighted by Gasteiger charge is -2.32. The fraction of sp³-hybridized carbons (Fsp3) is 0.333. The van der Waals surface area contributed by atoms with Crippen LogP contribution < -0.4 is 10.1 Å². The summed E-state index contributed by atoms with van der Waals surface area (Å²) >= 11 is 12.6. The summed E-state index contributed by atoms with van der Waals surface area (Å²) in [4.78, 5) is 28.7. The Morgan fingerprint density at radius 2 is 1.73 bits per heavy atom. The minimum Gasteiger partial charge on any atom is -0.483 e. The van der Waals surface area contributed by atoms with E-state index in [4.69, 9.17) is 27.9 Å². The second-order valence-electron chi connectivity index (χ2n) is 9.25. The molecule has 0 aliphatic rings. The molecule has 1 atom stereocenters. The topological polar surface area (TPSA) is 58.6 Å². The van der Waals surface area contributed by atoms with Crippen LogP contribution in [0.5, 0.6) is 5.75 Å². The van der Waals surface area contributed by atoms with Crippen LogP contribution in [0.4, 0.5) is 0 Å². The van der Waals surface area contributed by atoms with Gasteiger partial charge in [0.25, 0.3) is 5.91 Å². The van der Waals surface area contributed by atoms with Gasteiger partial charge in [-0.05, 0) is 73.2 Å². The Hall–Kier alpha value is -3.02. The Labute approximate surface area is 229 Å². The second kappa shape index (κ2) is 13.5. The van der Waals surface area contributed by atoms with Gasteiger partial charge in [-0.25, -0.2) is 0 Å². The quantitative estimate of drug-likeness (QED) is 0.303. The third-order valence-corrected chi connectivity index (χ3v) is 6.88. The van der Waals surface area contributed by atoms with Crippen LogP contribution in [0.15, 0.2) is 60.7 Å². The highest BCUT2D eigenvalue weighted by Crippen LogP contribution is 2.26. The molecule has 1 N–H and O–H groups in total. The Morgan fingerprint density at radius 3 is 2.41 bits per heavy atom. The van der Waals surface area contributed by atoms with E-state index in [1.54, 1.807) is 23.1 Å². The van der Waals surface area contributed by atoms with Crippen LogP contribution in [0.2, 0.25) is 10.0 Å². The van der Waals surface area contributed by atoms with Crippen molar-refractivity contribution in [2.24, 2.45) is 0 Å². The zero-order chi connectivity index (χ0) is 26.9. The lowest BCUT2D eigenvalue weighted by molar-refractivity contribution is -0.142. The summed E-state index contributed by atoms with van der Waals surface area (Å²) in [5.41, 5.74) is 4.77. The zero-order valence-electron chi connectivity index (χ0n) is 21.8. The Morgan fingerprint density at radius 1 is 1.00 bits per heavy atom. The number of carbonyl (C=O) groups excluding carboxylic acids is 2. The first-order valence-electron chi connectivity index (χ1n) is 12.4. The van der Waals surface area contributed by atoms with Crippen LogP contribution in [0.1, 0.15) is 41.2 Å². The molecule has 0 aliphatic heterocycles. The molecule has 0 heterocycles. The van der Waals surface area contributed by atoms with Gasteiger partial charge in [-0.2, -0.15) is 0 Å². The molecule has 0 saturated carbocycles. The number of carbonyl (C=O) groups is 2. The Kier molecular flexibility index (Phi) is 10.4. The van der Waals surface area contributed by atoms with Gasteiger partial charge in [0.2, 0.25) is 5.91 Å². The van der Waals surface area contributed by atoms with Gasteiger partial charge in [0, 0.05) is 29.6 Å². The minimum atomic E-state index is -0.753. The average molecular weight is 542 g/mol. The molecular formula is C30H34Cl2N2O3. The highest BCUT2D eigenvalue weighted by molar-refractivity contribution is 6.35. The number of rotatable bonds is 11. The summed E-state index contributed by atoms with van der Waals surface area (Å²) in [7, 11) is 0. The van der Waals surface area contributed by atoms with Crippen LogP contribution in [-0.4, -0.2) is 35.9 Å². The summed E-state index contributed by atoms with van der Waals surface area (Å²) in [6, 6.07) is 18.1. The van der Waals surface area contributed by atoms with E-state index in [2.05, 4.69) is 11.4 Å². The Balaban J connectivity index is 1.95. The number of halogens is 2. The van der Waals surface area contributed by atoms with Crippen molar-refractivity contribution >= 4 is 35.0 Å². The van der Waals surface area contributed by atoms with Gasteiger partial charge in [0.05, 0.1) is 0 Å².